The van der Waals surface area contributed by atoms with E-state index in [4.69, 9.17) is 14.4 Å². The zero-order valence-electron chi connectivity index (χ0n) is 12.2. The summed E-state index contributed by atoms with van der Waals surface area (Å²) in [6.07, 6.45) is 6.89. The molecule has 112 valence electrons. The lowest BCUT2D eigenvalue weighted by Gasteiger charge is -2.51. The van der Waals surface area contributed by atoms with E-state index in [1.807, 2.05) is 0 Å². The molecule has 0 aromatic rings. The first-order valence-electron chi connectivity index (χ1n) is 7.88. The highest BCUT2D eigenvalue weighted by molar-refractivity contribution is 5.75. The van der Waals surface area contributed by atoms with E-state index in [-0.39, 0.29) is 23.5 Å². The van der Waals surface area contributed by atoms with Crippen molar-refractivity contribution in [3.05, 3.63) is 0 Å². The van der Waals surface area contributed by atoms with Crippen LogP contribution in [0.1, 0.15) is 45.4 Å². The quantitative estimate of drug-likeness (QED) is 0.689. The highest BCUT2D eigenvalue weighted by Gasteiger charge is 2.66. The predicted octanol–water partition coefficient (Wildman–Crippen LogP) is 2.06. The topological polar surface area (TPSA) is 48.0 Å². The summed E-state index contributed by atoms with van der Waals surface area (Å²) < 4.78 is 4.92. The van der Waals surface area contributed by atoms with Crippen molar-refractivity contribution in [2.24, 2.45) is 17.8 Å². The fourth-order valence-electron chi connectivity index (χ4n) is 5.19. The van der Waals surface area contributed by atoms with Gasteiger partial charge in [-0.05, 0) is 44.4 Å². The van der Waals surface area contributed by atoms with Crippen LogP contribution in [0.5, 0.6) is 0 Å². The van der Waals surface area contributed by atoms with Crippen molar-refractivity contribution in [1.29, 1.82) is 0 Å². The largest absolute Gasteiger partial charge is 0.467 e. The van der Waals surface area contributed by atoms with Crippen molar-refractivity contribution in [2.75, 3.05) is 7.11 Å². The van der Waals surface area contributed by atoms with E-state index in [1.54, 1.807) is 5.23 Å². The van der Waals surface area contributed by atoms with Gasteiger partial charge in [0, 0.05) is 5.92 Å². The first-order chi connectivity index (χ1) is 9.66. The van der Waals surface area contributed by atoms with Gasteiger partial charge in [-0.15, -0.1) is 0 Å². The normalized spacial score (nSPS) is 53.3. The number of hydroxylamine groups is 2. The van der Waals surface area contributed by atoms with E-state index < -0.39 is 6.10 Å². The Morgan fingerprint density at radius 3 is 2.75 bits per heavy atom. The van der Waals surface area contributed by atoms with E-state index in [0.29, 0.717) is 11.8 Å². The molecule has 0 N–H and O–H groups in total. The van der Waals surface area contributed by atoms with E-state index in [9.17, 15) is 4.79 Å². The smallest absolute Gasteiger partial charge is 0.337 e. The van der Waals surface area contributed by atoms with Crippen molar-refractivity contribution < 1.29 is 19.2 Å². The fourth-order valence-corrected chi connectivity index (χ4v) is 5.19. The molecule has 1 unspecified atom stereocenters. The Hall–Kier alpha value is -0.650. The van der Waals surface area contributed by atoms with Gasteiger partial charge in [-0.25, -0.2) is 4.79 Å². The minimum atomic E-state index is -0.494. The van der Waals surface area contributed by atoms with Crippen LogP contribution in [0.4, 0.5) is 0 Å². The van der Waals surface area contributed by atoms with Crippen LogP contribution in [0.15, 0.2) is 0 Å². The number of esters is 1. The lowest BCUT2D eigenvalue weighted by molar-refractivity contribution is -0.438. The summed E-state index contributed by atoms with van der Waals surface area (Å²) >= 11 is 0. The maximum absolute atomic E-state index is 12.0. The molecule has 0 aromatic heterocycles. The molecule has 5 aliphatic rings. The summed E-state index contributed by atoms with van der Waals surface area (Å²) in [5.74, 6) is 1.14. The molecule has 2 aliphatic carbocycles. The van der Waals surface area contributed by atoms with Crippen molar-refractivity contribution in [3.8, 4) is 0 Å². The lowest BCUT2D eigenvalue weighted by Crippen LogP contribution is -2.59. The van der Waals surface area contributed by atoms with E-state index >= 15 is 0 Å². The number of methoxy groups -OCH3 is 1. The summed E-state index contributed by atoms with van der Waals surface area (Å²) in [5.41, 5.74) is -0.170. The van der Waals surface area contributed by atoms with Crippen molar-refractivity contribution in [2.45, 2.75) is 63.2 Å². The molecule has 0 amide bonds. The van der Waals surface area contributed by atoms with Crippen LogP contribution in [0.3, 0.4) is 0 Å². The number of rotatable bonds is 1. The number of carbonyl (C=O) groups excluding carboxylic acids is 1. The standard InChI is InChI=1S/C15H23NO4/c1-15-10-6-4-3-5-9(10)12-8-7-11(15)13(14(17)18-2)20-16(15)19-12/h9-13H,3-8H2,1-2H3/t9-,10-,11-,12-,13-,15-/m0/s1. The van der Waals surface area contributed by atoms with Gasteiger partial charge in [-0.3, -0.25) is 9.68 Å². The summed E-state index contributed by atoms with van der Waals surface area (Å²) in [6, 6.07) is 0. The summed E-state index contributed by atoms with van der Waals surface area (Å²) in [5, 5.41) is 1.68. The van der Waals surface area contributed by atoms with E-state index in [2.05, 4.69) is 6.92 Å². The van der Waals surface area contributed by atoms with Crippen LogP contribution in [-0.2, 0) is 19.2 Å². The number of nitrogens with zero attached hydrogens (tertiary/aromatic N) is 1. The lowest BCUT2D eigenvalue weighted by atomic mass is 9.64. The van der Waals surface area contributed by atoms with Gasteiger partial charge in [0.25, 0.3) is 0 Å². The van der Waals surface area contributed by atoms with Crippen LogP contribution in [0, 0.1) is 17.8 Å². The van der Waals surface area contributed by atoms with E-state index in [0.717, 1.165) is 12.8 Å². The van der Waals surface area contributed by atoms with Crippen LogP contribution < -0.4 is 0 Å². The highest BCUT2D eigenvalue weighted by Crippen LogP contribution is 2.58. The van der Waals surface area contributed by atoms with Crippen LogP contribution >= 0.6 is 0 Å². The Morgan fingerprint density at radius 1 is 1.15 bits per heavy atom. The monoisotopic (exact) mass is 281 g/mol. The average Bonchev–Trinajstić information content (AvgIpc) is 2.58. The van der Waals surface area contributed by atoms with Gasteiger partial charge in [0.15, 0.2) is 6.10 Å². The van der Waals surface area contributed by atoms with Gasteiger partial charge >= 0.3 is 5.97 Å². The van der Waals surface area contributed by atoms with Crippen LogP contribution in [-0.4, -0.2) is 36.1 Å². The second-order valence-electron chi connectivity index (χ2n) is 6.91. The van der Waals surface area contributed by atoms with Gasteiger partial charge in [0.1, 0.15) is 0 Å². The Balaban J connectivity index is 1.73. The van der Waals surface area contributed by atoms with Crippen LogP contribution in [0.2, 0.25) is 0 Å². The first kappa shape index (κ1) is 13.0. The molecule has 5 nitrogen and oxygen atoms in total. The maximum atomic E-state index is 12.0. The highest BCUT2D eigenvalue weighted by atomic mass is 17.0. The molecule has 4 bridgehead atoms. The Bertz CT molecular complexity index is 428. The summed E-state index contributed by atoms with van der Waals surface area (Å²) in [6.45, 7) is 2.23. The molecule has 0 radical (unpaired) electrons. The van der Waals surface area contributed by atoms with Crippen molar-refractivity contribution in [3.63, 3.8) is 0 Å². The average molecular weight is 281 g/mol. The molecule has 3 heterocycles. The second-order valence-corrected chi connectivity index (χ2v) is 6.91. The van der Waals surface area contributed by atoms with Gasteiger partial charge in [-0.2, -0.15) is 0 Å². The molecule has 5 heteroatoms. The zero-order chi connectivity index (χ0) is 13.9. The molecule has 7 atom stereocenters. The SMILES string of the molecule is COC(=O)[C@H]1ON2O[C@H]3CC[C@@H]1[C@]2(C)[C@H]1CCCC[C@H]31. The second kappa shape index (κ2) is 4.42. The third kappa shape index (κ3) is 1.51. The zero-order valence-corrected chi connectivity index (χ0v) is 12.2. The molecule has 3 saturated heterocycles. The minimum Gasteiger partial charge on any atom is -0.467 e. The number of fused-ring (bicyclic) bond motifs is 1. The third-order valence-electron chi connectivity index (χ3n) is 6.19. The van der Waals surface area contributed by atoms with Crippen molar-refractivity contribution >= 4 is 5.97 Å². The van der Waals surface area contributed by atoms with Gasteiger partial charge in [0.2, 0.25) is 0 Å². The van der Waals surface area contributed by atoms with Crippen molar-refractivity contribution in [1.82, 2.24) is 5.23 Å². The third-order valence-corrected chi connectivity index (χ3v) is 6.19. The molecule has 5 rings (SSSR count). The number of hydrogen-bond donors (Lipinski definition) is 0. The Labute approximate surface area is 119 Å². The molecule has 5 fully saturated rings. The number of ether oxygens (including phenoxy) is 1. The Kier molecular flexibility index (Phi) is 2.88. The summed E-state index contributed by atoms with van der Waals surface area (Å²) in [7, 11) is 1.43. The predicted molar refractivity (Wildman–Crippen MR) is 70.2 cm³/mol. The maximum Gasteiger partial charge on any atom is 0.337 e. The molecule has 3 aliphatic heterocycles. The molecule has 0 spiro atoms. The molecule has 20 heavy (non-hydrogen) atoms. The van der Waals surface area contributed by atoms with Gasteiger partial charge in [0.05, 0.1) is 18.8 Å². The Morgan fingerprint density at radius 2 is 1.95 bits per heavy atom. The molecular formula is C15H23NO4. The van der Waals surface area contributed by atoms with Gasteiger partial charge in [-0.1, -0.05) is 18.1 Å². The molecule has 0 aromatic carbocycles. The number of hydrogen-bond acceptors (Lipinski definition) is 5. The number of carbonyl (C=O) groups is 1. The van der Waals surface area contributed by atoms with Crippen LogP contribution in [0.25, 0.3) is 0 Å². The first-order valence-corrected chi connectivity index (χ1v) is 7.88. The van der Waals surface area contributed by atoms with E-state index in [1.165, 1.54) is 32.8 Å². The minimum absolute atomic E-state index is 0.170. The molecular weight excluding hydrogens is 258 g/mol. The molecule has 2 saturated carbocycles. The summed E-state index contributed by atoms with van der Waals surface area (Å²) in [4.78, 5) is 24.0. The van der Waals surface area contributed by atoms with Gasteiger partial charge < -0.3 is 4.74 Å². The fraction of sp³-hybridized carbons (Fsp3) is 0.933.